The highest BCUT2D eigenvalue weighted by Crippen LogP contribution is 2.14. The van der Waals surface area contributed by atoms with E-state index in [0.717, 1.165) is 17.5 Å². The van der Waals surface area contributed by atoms with E-state index in [0.29, 0.717) is 17.9 Å². The Bertz CT molecular complexity index is 419. The standard InChI is InChI=1S/C13H14N2/c1-10(2)5-12-6-11(3-4-14)7-13(8-12)9-15/h6-8,10H,3,5H2,1-2H3. The van der Waals surface area contributed by atoms with Gasteiger partial charge >= 0.3 is 0 Å². The van der Waals surface area contributed by atoms with Gasteiger partial charge in [0.25, 0.3) is 0 Å². The second-order valence-electron chi connectivity index (χ2n) is 4.08. The predicted octanol–water partition coefficient (Wildman–Crippen LogP) is 2.82. The molecule has 15 heavy (non-hydrogen) atoms. The third kappa shape index (κ3) is 3.44. The van der Waals surface area contributed by atoms with Gasteiger partial charge < -0.3 is 0 Å². The fourth-order valence-corrected chi connectivity index (χ4v) is 1.61. The van der Waals surface area contributed by atoms with E-state index in [9.17, 15) is 0 Å². The van der Waals surface area contributed by atoms with Crippen LogP contribution in [0, 0.1) is 28.6 Å². The molecule has 1 aromatic carbocycles. The molecule has 0 atom stereocenters. The molecule has 0 unspecified atom stereocenters. The van der Waals surface area contributed by atoms with E-state index < -0.39 is 0 Å². The van der Waals surface area contributed by atoms with Crippen molar-refractivity contribution in [2.75, 3.05) is 0 Å². The molecule has 0 heterocycles. The molecule has 0 aliphatic rings. The lowest BCUT2D eigenvalue weighted by molar-refractivity contribution is 0.647. The van der Waals surface area contributed by atoms with Crippen LogP contribution in [0.25, 0.3) is 0 Å². The van der Waals surface area contributed by atoms with Crippen LogP contribution in [0.5, 0.6) is 0 Å². The Hall–Kier alpha value is -1.80. The van der Waals surface area contributed by atoms with Crippen molar-refractivity contribution >= 4 is 0 Å². The summed E-state index contributed by atoms with van der Waals surface area (Å²) in [5, 5.41) is 17.5. The van der Waals surface area contributed by atoms with Gasteiger partial charge in [-0.3, -0.25) is 0 Å². The van der Waals surface area contributed by atoms with Crippen LogP contribution in [0.15, 0.2) is 18.2 Å². The lowest BCUT2D eigenvalue weighted by atomic mass is 9.98. The van der Waals surface area contributed by atoms with E-state index in [-0.39, 0.29) is 0 Å². The second-order valence-corrected chi connectivity index (χ2v) is 4.08. The molecular weight excluding hydrogens is 184 g/mol. The van der Waals surface area contributed by atoms with Gasteiger partial charge in [0, 0.05) is 0 Å². The van der Waals surface area contributed by atoms with Gasteiger partial charge in [-0.15, -0.1) is 0 Å². The van der Waals surface area contributed by atoms with Crippen LogP contribution >= 0.6 is 0 Å². The minimum Gasteiger partial charge on any atom is -0.198 e. The number of nitriles is 2. The number of nitrogens with zero attached hydrogens (tertiary/aromatic N) is 2. The molecule has 0 fully saturated rings. The molecule has 0 bridgehead atoms. The lowest BCUT2D eigenvalue weighted by Gasteiger charge is -2.06. The summed E-state index contributed by atoms with van der Waals surface area (Å²) in [6, 6.07) is 9.94. The van der Waals surface area contributed by atoms with E-state index in [4.69, 9.17) is 10.5 Å². The Morgan fingerprint density at radius 1 is 1.13 bits per heavy atom. The Morgan fingerprint density at radius 3 is 2.33 bits per heavy atom. The first-order chi connectivity index (χ1) is 7.15. The van der Waals surface area contributed by atoms with Crippen molar-refractivity contribution < 1.29 is 0 Å². The average molecular weight is 198 g/mol. The number of benzene rings is 1. The van der Waals surface area contributed by atoms with Gasteiger partial charge in [0.15, 0.2) is 0 Å². The Labute approximate surface area is 90.8 Å². The van der Waals surface area contributed by atoms with Gasteiger partial charge in [-0.25, -0.2) is 0 Å². The number of hydrogen-bond acceptors (Lipinski definition) is 2. The van der Waals surface area contributed by atoms with Crippen molar-refractivity contribution in [3.8, 4) is 12.1 Å². The summed E-state index contributed by atoms with van der Waals surface area (Å²) in [6.45, 7) is 4.28. The third-order valence-electron chi connectivity index (χ3n) is 2.11. The monoisotopic (exact) mass is 198 g/mol. The van der Waals surface area contributed by atoms with Crippen molar-refractivity contribution in [1.82, 2.24) is 0 Å². The van der Waals surface area contributed by atoms with Crippen LogP contribution in [0.1, 0.15) is 30.5 Å². The smallest absolute Gasteiger partial charge is 0.0991 e. The normalized spacial score (nSPS) is 9.67. The molecule has 1 rings (SSSR count). The summed E-state index contributed by atoms with van der Waals surface area (Å²) in [4.78, 5) is 0. The first kappa shape index (κ1) is 11.3. The van der Waals surface area contributed by atoms with Gasteiger partial charge in [-0.1, -0.05) is 19.9 Å². The predicted molar refractivity (Wildman–Crippen MR) is 59.0 cm³/mol. The summed E-state index contributed by atoms with van der Waals surface area (Å²) in [6.07, 6.45) is 1.33. The highest BCUT2D eigenvalue weighted by atomic mass is 14.2. The van der Waals surface area contributed by atoms with Crippen molar-refractivity contribution in [3.05, 3.63) is 34.9 Å². The van der Waals surface area contributed by atoms with Crippen LogP contribution in [-0.2, 0) is 12.8 Å². The first-order valence-electron chi connectivity index (χ1n) is 5.05. The fraction of sp³-hybridized carbons (Fsp3) is 0.385. The number of rotatable bonds is 3. The van der Waals surface area contributed by atoms with E-state index in [1.165, 1.54) is 0 Å². The van der Waals surface area contributed by atoms with E-state index in [2.05, 4.69) is 26.0 Å². The zero-order chi connectivity index (χ0) is 11.3. The Kier molecular flexibility index (Phi) is 3.89. The van der Waals surface area contributed by atoms with E-state index in [1.54, 1.807) is 6.07 Å². The molecule has 0 aliphatic heterocycles. The molecule has 0 amide bonds. The zero-order valence-corrected chi connectivity index (χ0v) is 9.12. The summed E-state index contributed by atoms with van der Waals surface area (Å²) in [5.74, 6) is 0.564. The van der Waals surface area contributed by atoms with Crippen molar-refractivity contribution in [2.45, 2.75) is 26.7 Å². The molecule has 0 saturated heterocycles. The summed E-state index contributed by atoms with van der Waals surface area (Å²) in [5.41, 5.74) is 2.74. The molecule has 0 aliphatic carbocycles. The highest BCUT2D eigenvalue weighted by Gasteiger charge is 2.03. The quantitative estimate of drug-likeness (QED) is 0.749. The molecule has 2 nitrogen and oxygen atoms in total. The second kappa shape index (κ2) is 5.17. The topological polar surface area (TPSA) is 47.6 Å². The number of hydrogen-bond donors (Lipinski definition) is 0. The molecule has 1 aromatic rings. The maximum absolute atomic E-state index is 8.86. The molecule has 0 radical (unpaired) electrons. The van der Waals surface area contributed by atoms with Crippen molar-refractivity contribution in [1.29, 1.82) is 10.5 Å². The lowest BCUT2D eigenvalue weighted by Crippen LogP contribution is -1.96. The minimum atomic E-state index is 0.376. The van der Waals surface area contributed by atoms with Gasteiger partial charge in [-0.2, -0.15) is 10.5 Å². The fourth-order valence-electron chi connectivity index (χ4n) is 1.61. The van der Waals surface area contributed by atoms with Crippen LogP contribution in [0.3, 0.4) is 0 Å². The third-order valence-corrected chi connectivity index (χ3v) is 2.11. The van der Waals surface area contributed by atoms with Crippen LogP contribution in [0.2, 0.25) is 0 Å². The maximum atomic E-state index is 8.86. The van der Waals surface area contributed by atoms with Crippen LogP contribution < -0.4 is 0 Å². The summed E-state index contributed by atoms with van der Waals surface area (Å²) < 4.78 is 0. The van der Waals surface area contributed by atoms with Crippen molar-refractivity contribution in [3.63, 3.8) is 0 Å². The molecule has 0 aromatic heterocycles. The molecule has 76 valence electrons. The SMILES string of the molecule is CC(C)Cc1cc(C#N)cc(CC#N)c1. The van der Waals surface area contributed by atoms with Gasteiger partial charge in [0.05, 0.1) is 24.1 Å². The molecule has 0 N–H and O–H groups in total. The zero-order valence-electron chi connectivity index (χ0n) is 9.12. The van der Waals surface area contributed by atoms with Gasteiger partial charge in [0.2, 0.25) is 0 Å². The molecule has 2 heteroatoms. The largest absolute Gasteiger partial charge is 0.198 e. The highest BCUT2D eigenvalue weighted by molar-refractivity contribution is 5.38. The Morgan fingerprint density at radius 2 is 1.80 bits per heavy atom. The van der Waals surface area contributed by atoms with Gasteiger partial charge in [0.1, 0.15) is 0 Å². The summed E-state index contributed by atoms with van der Waals surface area (Å²) >= 11 is 0. The van der Waals surface area contributed by atoms with Crippen molar-refractivity contribution in [2.24, 2.45) is 5.92 Å². The Balaban J connectivity index is 3.02. The molecule has 0 spiro atoms. The molecule has 0 saturated carbocycles. The minimum absolute atomic E-state index is 0.376. The first-order valence-corrected chi connectivity index (χ1v) is 5.05. The van der Waals surface area contributed by atoms with Crippen LogP contribution in [0.4, 0.5) is 0 Å². The van der Waals surface area contributed by atoms with Crippen LogP contribution in [-0.4, -0.2) is 0 Å². The van der Waals surface area contributed by atoms with E-state index in [1.807, 2.05) is 12.1 Å². The maximum Gasteiger partial charge on any atom is 0.0991 e. The molecular formula is C13H14N2. The van der Waals surface area contributed by atoms with Gasteiger partial charge in [-0.05, 0) is 35.6 Å². The summed E-state index contributed by atoms with van der Waals surface area (Å²) in [7, 11) is 0. The average Bonchev–Trinajstić information content (AvgIpc) is 2.16. The van der Waals surface area contributed by atoms with E-state index >= 15 is 0 Å².